The summed E-state index contributed by atoms with van der Waals surface area (Å²) in [4.78, 5) is 8.01. The van der Waals surface area contributed by atoms with E-state index in [0.29, 0.717) is 12.1 Å². The van der Waals surface area contributed by atoms with Crippen LogP contribution in [0.3, 0.4) is 0 Å². The minimum Gasteiger partial charge on any atom is -0.264 e. The van der Waals surface area contributed by atoms with Gasteiger partial charge in [0.15, 0.2) is 5.82 Å². The average Bonchev–Trinajstić information content (AvgIpc) is 3.15. The van der Waals surface area contributed by atoms with Crippen molar-refractivity contribution in [2.24, 2.45) is 5.92 Å². The van der Waals surface area contributed by atoms with Crippen molar-refractivity contribution in [2.45, 2.75) is 32.7 Å². The van der Waals surface area contributed by atoms with Crippen molar-refractivity contribution in [2.75, 3.05) is 0 Å². The fourth-order valence-electron chi connectivity index (χ4n) is 2.96. The van der Waals surface area contributed by atoms with E-state index in [-0.39, 0.29) is 29.9 Å². The van der Waals surface area contributed by atoms with Gasteiger partial charge in [-0.3, -0.25) is 4.98 Å². The summed E-state index contributed by atoms with van der Waals surface area (Å²) in [5, 5.41) is 4.11. The summed E-state index contributed by atoms with van der Waals surface area (Å²) in [6.07, 6.45) is -3.35. The van der Waals surface area contributed by atoms with E-state index in [2.05, 4.69) is 15.1 Å². The van der Waals surface area contributed by atoms with Gasteiger partial charge in [0.05, 0.1) is 17.7 Å². The maximum absolute atomic E-state index is 13.1. The van der Waals surface area contributed by atoms with Crippen molar-refractivity contribution in [1.29, 1.82) is 0 Å². The SMILES string of the molecule is CC(C)/C=C(/Cn1cnc(-c2cc(C(F)(F)F)cc(C(F)(F)F)c2)n1)c1cccnc1. The van der Waals surface area contributed by atoms with E-state index in [0.717, 1.165) is 11.1 Å². The van der Waals surface area contributed by atoms with Gasteiger partial charge in [-0.05, 0) is 41.3 Å². The van der Waals surface area contributed by atoms with E-state index in [9.17, 15) is 26.3 Å². The Morgan fingerprint density at radius 3 is 2.19 bits per heavy atom. The Bertz CT molecular complexity index is 1030. The summed E-state index contributed by atoms with van der Waals surface area (Å²) in [7, 11) is 0. The molecule has 4 nitrogen and oxygen atoms in total. The summed E-state index contributed by atoms with van der Waals surface area (Å²) in [5.74, 6) is -0.0392. The molecule has 0 atom stereocenters. The van der Waals surface area contributed by atoms with Crippen molar-refractivity contribution >= 4 is 5.57 Å². The van der Waals surface area contributed by atoms with Gasteiger partial charge in [0.1, 0.15) is 6.33 Å². The van der Waals surface area contributed by atoms with E-state index in [1.165, 1.54) is 11.0 Å². The predicted molar refractivity (Wildman–Crippen MR) is 103 cm³/mol. The highest BCUT2D eigenvalue weighted by molar-refractivity contribution is 5.65. The van der Waals surface area contributed by atoms with E-state index < -0.39 is 23.5 Å². The largest absolute Gasteiger partial charge is 0.416 e. The molecule has 0 saturated heterocycles. The van der Waals surface area contributed by atoms with E-state index >= 15 is 0 Å². The second-order valence-corrected chi connectivity index (χ2v) is 7.24. The Morgan fingerprint density at radius 1 is 1.03 bits per heavy atom. The van der Waals surface area contributed by atoms with Gasteiger partial charge < -0.3 is 0 Å². The Kier molecular flexibility index (Phi) is 6.19. The Morgan fingerprint density at radius 2 is 1.68 bits per heavy atom. The molecule has 0 radical (unpaired) electrons. The van der Waals surface area contributed by atoms with Crippen molar-refractivity contribution in [3.8, 4) is 11.4 Å². The number of allylic oxidation sites excluding steroid dienone is 2. The van der Waals surface area contributed by atoms with E-state index in [4.69, 9.17) is 0 Å². The standard InChI is InChI=1S/C21H18F6N4/c1-13(2)6-16(14-4-3-5-28-10-14)11-31-12-29-19(30-31)15-7-17(20(22,23)24)9-18(8-15)21(25,26)27/h3-10,12-13H,11H2,1-2H3/b16-6-. The number of aromatic nitrogens is 4. The second kappa shape index (κ2) is 8.52. The number of hydrogen-bond donors (Lipinski definition) is 0. The van der Waals surface area contributed by atoms with Crippen LogP contribution in [0.25, 0.3) is 17.0 Å². The molecule has 0 spiro atoms. The molecule has 2 heterocycles. The van der Waals surface area contributed by atoms with Gasteiger partial charge in [-0.15, -0.1) is 0 Å². The molecule has 3 rings (SSSR count). The molecule has 0 bridgehead atoms. The maximum Gasteiger partial charge on any atom is 0.416 e. The summed E-state index contributed by atoms with van der Waals surface area (Å²) >= 11 is 0. The van der Waals surface area contributed by atoms with Crippen LogP contribution in [0, 0.1) is 5.92 Å². The van der Waals surface area contributed by atoms with Crippen molar-refractivity contribution in [1.82, 2.24) is 19.7 Å². The molecule has 0 aliphatic carbocycles. The molecular formula is C21H18F6N4. The Balaban J connectivity index is 1.98. The smallest absolute Gasteiger partial charge is 0.264 e. The highest BCUT2D eigenvalue weighted by Crippen LogP contribution is 2.38. The number of benzene rings is 1. The number of pyridine rings is 1. The molecular weight excluding hydrogens is 422 g/mol. The number of alkyl halides is 6. The molecule has 0 saturated carbocycles. The molecule has 10 heteroatoms. The zero-order chi connectivity index (χ0) is 22.8. The Labute approximate surface area is 174 Å². The first-order valence-electron chi connectivity index (χ1n) is 9.24. The summed E-state index contributed by atoms with van der Waals surface area (Å²) in [6, 6.07) is 4.91. The van der Waals surface area contributed by atoms with Crippen LogP contribution in [0.2, 0.25) is 0 Å². The quantitative estimate of drug-likeness (QED) is 0.449. The van der Waals surface area contributed by atoms with Crippen LogP contribution >= 0.6 is 0 Å². The normalized spacial score (nSPS) is 13.1. The lowest BCUT2D eigenvalue weighted by molar-refractivity contribution is -0.143. The minimum absolute atomic E-state index is 0.0758. The van der Waals surface area contributed by atoms with Crippen molar-refractivity contribution in [3.05, 3.63) is 71.8 Å². The van der Waals surface area contributed by atoms with Crippen LogP contribution in [-0.2, 0) is 18.9 Å². The van der Waals surface area contributed by atoms with Gasteiger partial charge in [0.2, 0.25) is 0 Å². The first-order chi connectivity index (χ1) is 14.4. The second-order valence-electron chi connectivity index (χ2n) is 7.24. The van der Waals surface area contributed by atoms with Crippen LogP contribution in [0.1, 0.15) is 30.5 Å². The van der Waals surface area contributed by atoms with E-state index in [1.807, 2.05) is 26.0 Å². The number of halogens is 6. The van der Waals surface area contributed by atoms with E-state index in [1.54, 1.807) is 18.5 Å². The minimum atomic E-state index is -4.94. The van der Waals surface area contributed by atoms with Gasteiger partial charge in [-0.2, -0.15) is 31.4 Å². The molecule has 0 unspecified atom stereocenters. The average molecular weight is 440 g/mol. The summed E-state index contributed by atoms with van der Waals surface area (Å²) in [5.41, 5.74) is -1.52. The first-order valence-corrected chi connectivity index (χ1v) is 9.24. The van der Waals surface area contributed by atoms with Gasteiger partial charge in [0.25, 0.3) is 0 Å². The van der Waals surface area contributed by atoms with Gasteiger partial charge in [0, 0.05) is 18.0 Å². The third-order valence-corrected chi connectivity index (χ3v) is 4.28. The van der Waals surface area contributed by atoms with Crippen LogP contribution in [0.4, 0.5) is 26.3 Å². The van der Waals surface area contributed by atoms with Gasteiger partial charge >= 0.3 is 12.4 Å². The molecule has 3 aromatic rings. The zero-order valence-electron chi connectivity index (χ0n) is 16.5. The third kappa shape index (κ3) is 5.71. The zero-order valence-corrected chi connectivity index (χ0v) is 16.5. The van der Waals surface area contributed by atoms with Crippen LogP contribution in [0.15, 0.2) is 55.1 Å². The predicted octanol–water partition coefficient (Wildman–Crippen LogP) is 6.12. The van der Waals surface area contributed by atoms with Crippen LogP contribution in [-0.4, -0.2) is 19.7 Å². The van der Waals surface area contributed by atoms with Crippen molar-refractivity contribution in [3.63, 3.8) is 0 Å². The molecule has 0 aliphatic heterocycles. The summed E-state index contributed by atoms with van der Waals surface area (Å²) in [6.45, 7) is 4.18. The number of hydrogen-bond acceptors (Lipinski definition) is 3. The Hall–Kier alpha value is -3.17. The molecule has 2 aromatic heterocycles. The highest BCUT2D eigenvalue weighted by atomic mass is 19.4. The molecule has 0 N–H and O–H groups in total. The lowest BCUT2D eigenvalue weighted by atomic mass is 10.0. The fourth-order valence-corrected chi connectivity index (χ4v) is 2.96. The molecule has 0 aliphatic rings. The molecule has 164 valence electrons. The molecule has 0 amide bonds. The van der Waals surface area contributed by atoms with Crippen LogP contribution < -0.4 is 0 Å². The molecule has 1 aromatic carbocycles. The fraction of sp³-hybridized carbons (Fsp3) is 0.286. The number of nitrogens with zero attached hydrogens (tertiary/aromatic N) is 4. The van der Waals surface area contributed by atoms with Gasteiger partial charge in [-0.25, -0.2) is 9.67 Å². The maximum atomic E-state index is 13.1. The van der Waals surface area contributed by atoms with Crippen LogP contribution in [0.5, 0.6) is 0 Å². The molecule has 0 fully saturated rings. The number of rotatable bonds is 5. The summed E-state index contributed by atoms with van der Waals surface area (Å²) < 4.78 is 80.0. The highest BCUT2D eigenvalue weighted by Gasteiger charge is 2.37. The third-order valence-electron chi connectivity index (χ3n) is 4.28. The lowest BCUT2D eigenvalue weighted by Gasteiger charge is -2.13. The molecule has 31 heavy (non-hydrogen) atoms. The van der Waals surface area contributed by atoms with Gasteiger partial charge in [-0.1, -0.05) is 26.0 Å². The monoisotopic (exact) mass is 440 g/mol. The first kappa shape index (κ1) is 22.5. The van der Waals surface area contributed by atoms with Crippen molar-refractivity contribution < 1.29 is 26.3 Å². The topological polar surface area (TPSA) is 43.6 Å². The lowest BCUT2D eigenvalue weighted by Crippen LogP contribution is -2.11.